The summed E-state index contributed by atoms with van der Waals surface area (Å²) in [6.07, 6.45) is 10.1. The fourth-order valence-electron chi connectivity index (χ4n) is 3.18. The van der Waals surface area contributed by atoms with Crippen molar-refractivity contribution in [1.82, 2.24) is 9.97 Å². The van der Waals surface area contributed by atoms with Crippen LogP contribution < -0.4 is 4.74 Å². The van der Waals surface area contributed by atoms with Gasteiger partial charge in [0.15, 0.2) is 0 Å². The summed E-state index contributed by atoms with van der Waals surface area (Å²) in [7, 11) is 0. The molecular formula is C23H23N3O. The van der Waals surface area contributed by atoms with Gasteiger partial charge in [-0.1, -0.05) is 30.3 Å². The van der Waals surface area contributed by atoms with Crippen LogP contribution in [-0.4, -0.2) is 22.3 Å². The Morgan fingerprint density at radius 1 is 1.00 bits per heavy atom. The Morgan fingerprint density at radius 2 is 1.89 bits per heavy atom. The summed E-state index contributed by atoms with van der Waals surface area (Å²) in [6, 6.07) is 16.6. The second kappa shape index (κ2) is 7.96. The van der Waals surface area contributed by atoms with Crippen LogP contribution in [0.3, 0.4) is 0 Å². The van der Waals surface area contributed by atoms with Gasteiger partial charge in [0, 0.05) is 18.0 Å². The third-order valence-corrected chi connectivity index (χ3v) is 4.52. The summed E-state index contributed by atoms with van der Waals surface area (Å²) in [4.78, 5) is 11.4. The number of nitrogens with zero attached hydrogens (tertiary/aromatic N) is 1. The second-order valence-corrected chi connectivity index (χ2v) is 6.47. The van der Waals surface area contributed by atoms with Crippen molar-refractivity contribution < 1.29 is 4.74 Å². The molecule has 0 radical (unpaired) electrons. The highest BCUT2D eigenvalue weighted by Crippen LogP contribution is 2.29. The second-order valence-electron chi connectivity index (χ2n) is 6.47. The number of ether oxygens (including phenoxy) is 1. The maximum Gasteiger partial charge on any atom is 0.144 e. The quantitative estimate of drug-likeness (QED) is 0.585. The number of aromatic amines is 2. The number of aromatic nitrogens is 2. The normalized spacial score (nSPS) is 14.7. The molecular weight excluding hydrogens is 334 g/mol. The smallest absolute Gasteiger partial charge is 0.144 e. The van der Waals surface area contributed by atoms with Crippen LogP contribution in [0.2, 0.25) is 0 Å². The van der Waals surface area contributed by atoms with Crippen molar-refractivity contribution in [2.45, 2.75) is 19.8 Å². The van der Waals surface area contributed by atoms with E-state index in [0.717, 1.165) is 47.1 Å². The number of aliphatic imine (C=N–C) groups is 1. The lowest BCUT2D eigenvalue weighted by molar-refractivity contribution is 0.340. The van der Waals surface area contributed by atoms with Crippen molar-refractivity contribution in [2.24, 2.45) is 4.99 Å². The zero-order valence-electron chi connectivity index (χ0n) is 15.4. The third-order valence-electron chi connectivity index (χ3n) is 4.52. The molecule has 2 N–H and O–H groups in total. The van der Waals surface area contributed by atoms with Crippen LogP contribution in [0.15, 0.2) is 77.6 Å². The van der Waals surface area contributed by atoms with Gasteiger partial charge in [0.1, 0.15) is 5.75 Å². The van der Waals surface area contributed by atoms with Crippen molar-refractivity contribution in [3.8, 4) is 17.1 Å². The van der Waals surface area contributed by atoms with Gasteiger partial charge in [-0.3, -0.25) is 4.99 Å². The fraction of sp³-hybridized carbons (Fsp3) is 0.174. The van der Waals surface area contributed by atoms with Crippen LogP contribution in [-0.2, 0) is 6.42 Å². The predicted octanol–water partition coefficient (Wildman–Crippen LogP) is 5.39. The molecule has 0 aliphatic carbocycles. The van der Waals surface area contributed by atoms with Gasteiger partial charge < -0.3 is 14.7 Å². The van der Waals surface area contributed by atoms with Gasteiger partial charge in [-0.25, -0.2) is 0 Å². The van der Waals surface area contributed by atoms with E-state index in [1.165, 1.54) is 5.56 Å². The van der Waals surface area contributed by atoms with E-state index >= 15 is 0 Å². The first-order valence-corrected chi connectivity index (χ1v) is 9.32. The van der Waals surface area contributed by atoms with E-state index in [1.54, 1.807) is 0 Å². The number of benzene rings is 1. The third kappa shape index (κ3) is 4.11. The Hall–Kier alpha value is -3.27. The minimum atomic E-state index is 0.625. The molecule has 1 aliphatic rings. The maximum atomic E-state index is 5.80. The molecule has 1 aromatic carbocycles. The molecule has 4 heteroatoms. The predicted molar refractivity (Wildman–Crippen MR) is 111 cm³/mol. The lowest BCUT2D eigenvalue weighted by Crippen LogP contribution is -1.94. The molecule has 4 rings (SSSR count). The van der Waals surface area contributed by atoms with Gasteiger partial charge in [0.2, 0.25) is 0 Å². The number of nitrogens with one attached hydrogen (secondary N) is 2. The van der Waals surface area contributed by atoms with Crippen LogP contribution in [0, 0.1) is 0 Å². The number of allylic oxidation sites excluding steroid dienone is 2. The van der Waals surface area contributed by atoms with E-state index < -0.39 is 0 Å². The molecule has 136 valence electrons. The van der Waals surface area contributed by atoms with E-state index in [0.29, 0.717) is 6.61 Å². The van der Waals surface area contributed by atoms with Gasteiger partial charge in [-0.2, -0.15) is 0 Å². The van der Waals surface area contributed by atoms with E-state index in [4.69, 9.17) is 9.73 Å². The highest BCUT2D eigenvalue weighted by atomic mass is 16.5. The molecule has 0 bridgehead atoms. The molecule has 3 aromatic rings. The van der Waals surface area contributed by atoms with E-state index in [2.05, 4.69) is 46.4 Å². The van der Waals surface area contributed by atoms with Crippen molar-refractivity contribution in [1.29, 1.82) is 0 Å². The molecule has 0 amide bonds. The monoisotopic (exact) mass is 357 g/mol. The average Bonchev–Trinajstić information content (AvgIpc) is 3.43. The number of H-pyrrole nitrogens is 2. The van der Waals surface area contributed by atoms with E-state index in [9.17, 15) is 0 Å². The maximum absolute atomic E-state index is 5.80. The van der Waals surface area contributed by atoms with E-state index in [-0.39, 0.29) is 0 Å². The van der Waals surface area contributed by atoms with Gasteiger partial charge in [0.25, 0.3) is 0 Å². The molecule has 0 spiro atoms. The average molecular weight is 357 g/mol. The van der Waals surface area contributed by atoms with Crippen LogP contribution in [0.25, 0.3) is 17.5 Å². The van der Waals surface area contributed by atoms with Crippen molar-refractivity contribution in [3.63, 3.8) is 0 Å². The van der Waals surface area contributed by atoms with Crippen molar-refractivity contribution >= 4 is 11.8 Å². The lowest BCUT2D eigenvalue weighted by Gasteiger charge is -2.01. The van der Waals surface area contributed by atoms with Crippen molar-refractivity contribution in [3.05, 3.63) is 83.8 Å². The van der Waals surface area contributed by atoms with Crippen LogP contribution in [0.1, 0.15) is 24.6 Å². The molecule has 0 atom stereocenters. The Bertz CT molecular complexity index is 976. The SMILES string of the molecule is CCOc1cc(-c2ccc[nH]2)[nH]c1C=C1C=CC(CCc2ccccc2)=N1. The summed E-state index contributed by atoms with van der Waals surface area (Å²) >= 11 is 0. The van der Waals surface area contributed by atoms with Crippen molar-refractivity contribution in [2.75, 3.05) is 6.61 Å². The molecule has 0 fully saturated rings. The summed E-state index contributed by atoms with van der Waals surface area (Å²) in [5, 5.41) is 0. The Morgan fingerprint density at radius 3 is 2.67 bits per heavy atom. The molecule has 0 unspecified atom stereocenters. The standard InChI is InChI=1S/C23H23N3O/c1-2-27-23-16-21(20-9-6-14-24-20)26-22(23)15-19-13-12-18(25-19)11-10-17-7-4-3-5-8-17/h3-9,12-16,24,26H,2,10-11H2,1H3. The largest absolute Gasteiger partial charge is 0.492 e. The minimum Gasteiger partial charge on any atom is -0.492 e. The molecule has 27 heavy (non-hydrogen) atoms. The molecule has 0 saturated carbocycles. The zero-order valence-corrected chi connectivity index (χ0v) is 15.4. The molecule has 4 nitrogen and oxygen atoms in total. The number of aryl methyl sites for hydroxylation is 1. The molecule has 2 aromatic heterocycles. The van der Waals surface area contributed by atoms with Crippen LogP contribution in [0.4, 0.5) is 0 Å². The molecule has 0 saturated heterocycles. The van der Waals surface area contributed by atoms with Crippen LogP contribution in [0.5, 0.6) is 5.75 Å². The Labute approximate surface area is 159 Å². The van der Waals surface area contributed by atoms with E-state index in [1.807, 2.05) is 43.5 Å². The van der Waals surface area contributed by atoms with Gasteiger partial charge in [-0.15, -0.1) is 0 Å². The molecule has 1 aliphatic heterocycles. The highest BCUT2D eigenvalue weighted by molar-refractivity contribution is 5.99. The fourth-order valence-corrected chi connectivity index (χ4v) is 3.18. The van der Waals surface area contributed by atoms with Gasteiger partial charge >= 0.3 is 0 Å². The summed E-state index contributed by atoms with van der Waals surface area (Å²) < 4.78 is 5.80. The lowest BCUT2D eigenvalue weighted by atomic mass is 10.1. The minimum absolute atomic E-state index is 0.625. The molecule has 3 heterocycles. The Balaban J connectivity index is 1.51. The first kappa shape index (κ1) is 17.2. The van der Waals surface area contributed by atoms with Gasteiger partial charge in [0.05, 0.1) is 29.4 Å². The Kier molecular flexibility index (Phi) is 5.06. The zero-order chi connectivity index (χ0) is 18.5. The first-order valence-electron chi connectivity index (χ1n) is 9.32. The summed E-state index contributed by atoms with van der Waals surface area (Å²) in [5.41, 5.74) is 6.37. The number of rotatable bonds is 7. The number of hydrogen-bond acceptors (Lipinski definition) is 2. The topological polar surface area (TPSA) is 53.2 Å². The number of hydrogen-bond donors (Lipinski definition) is 2. The van der Waals surface area contributed by atoms with Crippen LogP contribution >= 0.6 is 0 Å². The van der Waals surface area contributed by atoms with Gasteiger partial charge in [-0.05, 0) is 55.7 Å². The summed E-state index contributed by atoms with van der Waals surface area (Å²) in [5.74, 6) is 0.843. The summed E-state index contributed by atoms with van der Waals surface area (Å²) in [6.45, 7) is 2.62. The first-order chi connectivity index (χ1) is 13.3. The highest BCUT2D eigenvalue weighted by Gasteiger charge is 2.12.